The average Bonchev–Trinajstić information content (AvgIpc) is 2.73. The van der Waals surface area contributed by atoms with Crippen LogP contribution in [0.15, 0.2) is 12.1 Å². The number of carbonyl (C=O) groups is 1. The average molecular weight is 278 g/mol. The number of aryl methyl sites for hydroxylation is 1. The molecule has 0 amide bonds. The van der Waals surface area contributed by atoms with E-state index in [4.69, 9.17) is 9.47 Å². The van der Waals surface area contributed by atoms with Crippen molar-refractivity contribution >= 4 is 17.0 Å². The summed E-state index contributed by atoms with van der Waals surface area (Å²) in [7, 11) is 3.10. The zero-order valence-corrected chi connectivity index (χ0v) is 12.0. The lowest BCUT2D eigenvalue weighted by atomic mass is 10.2. The number of fused-ring (bicyclic) bond motifs is 1. The van der Waals surface area contributed by atoms with Crippen LogP contribution < -0.4 is 9.47 Å². The first-order valence-corrected chi connectivity index (χ1v) is 6.36. The van der Waals surface area contributed by atoms with E-state index >= 15 is 0 Å². The third kappa shape index (κ3) is 2.17. The van der Waals surface area contributed by atoms with Crippen molar-refractivity contribution in [2.45, 2.75) is 26.3 Å². The molecular weight excluding hydrogens is 260 g/mol. The SMILES string of the molecule is CCC(C(=O)O)n1c(C)nc2cc(OC)c(OC)cc21. The van der Waals surface area contributed by atoms with Crippen LogP contribution in [0.3, 0.4) is 0 Å². The van der Waals surface area contributed by atoms with E-state index in [0.29, 0.717) is 29.3 Å². The molecule has 6 heteroatoms. The Kier molecular flexibility index (Phi) is 3.83. The molecule has 0 saturated carbocycles. The van der Waals surface area contributed by atoms with Crippen molar-refractivity contribution in [2.24, 2.45) is 0 Å². The summed E-state index contributed by atoms with van der Waals surface area (Å²) in [6.45, 7) is 3.63. The normalized spacial score (nSPS) is 12.4. The molecule has 1 aromatic carbocycles. The number of hydrogen-bond acceptors (Lipinski definition) is 4. The fourth-order valence-corrected chi connectivity index (χ4v) is 2.40. The number of aromatic nitrogens is 2. The molecule has 0 saturated heterocycles. The van der Waals surface area contributed by atoms with E-state index in [1.165, 1.54) is 0 Å². The highest BCUT2D eigenvalue weighted by atomic mass is 16.5. The lowest BCUT2D eigenvalue weighted by Crippen LogP contribution is -2.19. The molecule has 1 heterocycles. The topological polar surface area (TPSA) is 73.6 Å². The van der Waals surface area contributed by atoms with Crippen LogP contribution in [0.1, 0.15) is 25.2 Å². The Morgan fingerprint density at radius 3 is 2.45 bits per heavy atom. The minimum atomic E-state index is -0.871. The molecule has 1 atom stereocenters. The molecule has 1 N–H and O–H groups in total. The second-order valence-electron chi connectivity index (χ2n) is 4.49. The minimum absolute atomic E-state index is 0.482. The van der Waals surface area contributed by atoms with Crippen LogP contribution in [0.5, 0.6) is 11.5 Å². The maximum absolute atomic E-state index is 11.4. The first kappa shape index (κ1) is 14.2. The van der Waals surface area contributed by atoms with E-state index in [0.717, 1.165) is 5.52 Å². The van der Waals surface area contributed by atoms with Crippen molar-refractivity contribution in [2.75, 3.05) is 14.2 Å². The molecule has 0 aliphatic heterocycles. The molecule has 6 nitrogen and oxygen atoms in total. The standard InChI is InChI=1S/C14H18N2O4/c1-5-10(14(17)18)16-8(2)15-9-6-12(19-3)13(20-4)7-11(9)16/h6-7,10H,5H2,1-4H3,(H,17,18). The quantitative estimate of drug-likeness (QED) is 0.909. The highest BCUT2D eigenvalue weighted by Crippen LogP contribution is 2.34. The summed E-state index contributed by atoms with van der Waals surface area (Å²) < 4.78 is 12.2. The van der Waals surface area contributed by atoms with Crippen LogP contribution in [0.25, 0.3) is 11.0 Å². The first-order valence-electron chi connectivity index (χ1n) is 6.36. The number of carboxylic acids is 1. The fourth-order valence-electron chi connectivity index (χ4n) is 2.40. The van der Waals surface area contributed by atoms with E-state index in [9.17, 15) is 9.90 Å². The van der Waals surface area contributed by atoms with Gasteiger partial charge in [0.05, 0.1) is 25.3 Å². The molecule has 0 radical (unpaired) electrons. The molecule has 2 aromatic rings. The Morgan fingerprint density at radius 2 is 1.95 bits per heavy atom. The lowest BCUT2D eigenvalue weighted by molar-refractivity contribution is -0.140. The van der Waals surface area contributed by atoms with Gasteiger partial charge in [-0.15, -0.1) is 0 Å². The van der Waals surface area contributed by atoms with E-state index < -0.39 is 12.0 Å². The number of aliphatic carboxylic acids is 1. The summed E-state index contributed by atoms with van der Waals surface area (Å²) in [5, 5.41) is 9.35. The van der Waals surface area contributed by atoms with Gasteiger partial charge in [0.15, 0.2) is 11.5 Å². The first-order chi connectivity index (χ1) is 9.53. The highest BCUT2D eigenvalue weighted by Gasteiger charge is 2.23. The molecule has 20 heavy (non-hydrogen) atoms. The zero-order valence-electron chi connectivity index (χ0n) is 12.0. The number of methoxy groups -OCH3 is 2. The van der Waals surface area contributed by atoms with Gasteiger partial charge in [-0.1, -0.05) is 6.92 Å². The number of benzene rings is 1. The highest BCUT2D eigenvalue weighted by molar-refractivity contribution is 5.83. The van der Waals surface area contributed by atoms with Gasteiger partial charge in [-0.2, -0.15) is 0 Å². The van der Waals surface area contributed by atoms with Crippen molar-refractivity contribution < 1.29 is 19.4 Å². The molecule has 0 fully saturated rings. The summed E-state index contributed by atoms with van der Waals surface area (Å²) in [5.74, 6) is 0.920. The second-order valence-corrected chi connectivity index (χ2v) is 4.49. The summed E-state index contributed by atoms with van der Waals surface area (Å²) in [4.78, 5) is 15.8. The molecule has 0 bridgehead atoms. The van der Waals surface area contributed by atoms with Gasteiger partial charge >= 0.3 is 5.97 Å². The number of imidazole rings is 1. The maximum Gasteiger partial charge on any atom is 0.326 e. The van der Waals surface area contributed by atoms with E-state index in [1.54, 1.807) is 37.8 Å². The summed E-state index contributed by atoms with van der Waals surface area (Å²) in [5.41, 5.74) is 1.43. The number of nitrogens with zero attached hydrogens (tertiary/aromatic N) is 2. The third-order valence-electron chi connectivity index (χ3n) is 3.35. The van der Waals surface area contributed by atoms with Gasteiger partial charge in [0.1, 0.15) is 11.9 Å². The number of ether oxygens (including phenoxy) is 2. The Hall–Kier alpha value is -2.24. The number of carboxylic acid groups (broad SMARTS) is 1. The van der Waals surface area contributed by atoms with Crippen LogP contribution in [-0.4, -0.2) is 34.8 Å². The Labute approximate surface area is 116 Å². The summed E-state index contributed by atoms with van der Waals surface area (Å²) >= 11 is 0. The van der Waals surface area contributed by atoms with Gasteiger partial charge in [-0.05, 0) is 13.3 Å². The lowest BCUT2D eigenvalue weighted by Gasteiger charge is -2.15. The minimum Gasteiger partial charge on any atom is -0.493 e. The van der Waals surface area contributed by atoms with Crippen molar-refractivity contribution in [3.8, 4) is 11.5 Å². The third-order valence-corrected chi connectivity index (χ3v) is 3.35. The van der Waals surface area contributed by atoms with E-state index in [2.05, 4.69) is 4.98 Å². The molecule has 2 rings (SSSR count). The van der Waals surface area contributed by atoms with Gasteiger partial charge in [0.2, 0.25) is 0 Å². The molecule has 0 aliphatic rings. The molecular formula is C14H18N2O4. The predicted molar refractivity (Wildman–Crippen MR) is 74.5 cm³/mol. The van der Waals surface area contributed by atoms with E-state index in [-0.39, 0.29) is 0 Å². The van der Waals surface area contributed by atoms with Crippen molar-refractivity contribution in [1.82, 2.24) is 9.55 Å². The molecule has 1 aromatic heterocycles. The van der Waals surface area contributed by atoms with Crippen molar-refractivity contribution in [3.05, 3.63) is 18.0 Å². The molecule has 1 unspecified atom stereocenters. The smallest absolute Gasteiger partial charge is 0.326 e. The van der Waals surface area contributed by atoms with Gasteiger partial charge in [-0.3, -0.25) is 0 Å². The second kappa shape index (κ2) is 5.40. The monoisotopic (exact) mass is 278 g/mol. The van der Waals surface area contributed by atoms with Crippen LogP contribution >= 0.6 is 0 Å². The van der Waals surface area contributed by atoms with Crippen LogP contribution in [0.4, 0.5) is 0 Å². The fraction of sp³-hybridized carbons (Fsp3) is 0.429. The van der Waals surface area contributed by atoms with Gasteiger partial charge in [0, 0.05) is 12.1 Å². The summed E-state index contributed by atoms with van der Waals surface area (Å²) in [6.07, 6.45) is 0.482. The Balaban J connectivity index is 2.72. The summed E-state index contributed by atoms with van der Waals surface area (Å²) in [6, 6.07) is 2.88. The van der Waals surface area contributed by atoms with Gasteiger partial charge < -0.3 is 19.1 Å². The largest absolute Gasteiger partial charge is 0.493 e. The molecule has 0 spiro atoms. The predicted octanol–water partition coefficient (Wildman–Crippen LogP) is 2.40. The van der Waals surface area contributed by atoms with Gasteiger partial charge in [-0.25, -0.2) is 9.78 Å². The molecule has 0 aliphatic carbocycles. The molecule has 108 valence electrons. The number of hydrogen-bond donors (Lipinski definition) is 1. The number of rotatable bonds is 5. The van der Waals surface area contributed by atoms with Crippen LogP contribution in [0, 0.1) is 6.92 Å². The van der Waals surface area contributed by atoms with Gasteiger partial charge in [0.25, 0.3) is 0 Å². The Bertz CT molecular complexity index is 648. The van der Waals surface area contributed by atoms with Crippen LogP contribution in [-0.2, 0) is 4.79 Å². The van der Waals surface area contributed by atoms with E-state index in [1.807, 2.05) is 6.92 Å². The van der Waals surface area contributed by atoms with Crippen molar-refractivity contribution in [3.63, 3.8) is 0 Å². The maximum atomic E-state index is 11.4. The Morgan fingerprint density at radius 1 is 1.35 bits per heavy atom. The zero-order chi connectivity index (χ0) is 14.9. The van der Waals surface area contributed by atoms with Crippen LogP contribution in [0.2, 0.25) is 0 Å². The van der Waals surface area contributed by atoms with Crippen molar-refractivity contribution in [1.29, 1.82) is 0 Å².